The number of carbonyl (C=O) groups is 1. The molecule has 0 bridgehead atoms. The van der Waals surface area contributed by atoms with E-state index in [1.54, 1.807) is 10.7 Å². The zero-order valence-electron chi connectivity index (χ0n) is 14.8. The van der Waals surface area contributed by atoms with Crippen LogP contribution < -0.4 is 10.9 Å². The zero-order chi connectivity index (χ0) is 17.5. The zero-order valence-corrected chi connectivity index (χ0v) is 14.8. The number of anilines is 1. The molecule has 5 nitrogen and oxygen atoms in total. The lowest BCUT2D eigenvalue weighted by Crippen LogP contribution is -2.19. The van der Waals surface area contributed by atoms with E-state index < -0.39 is 0 Å². The first-order valence-corrected chi connectivity index (χ1v) is 8.69. The Morgan fingerprint density at radius 2 is 1.75 bits per heavy atom. The fourth-order valence-electron chi connectivity index (χ4n) is 2.74. The van der Waals surface area contributed by atoms with Crippen LogP contribution in [0, 0.1) is 6.92 Å². The number of unbranched alkanes of at least 4 members (excludes halogenated alkanes) is 4. The summed E-state index contributed by atoms with van der Waals surface area (Å²) in [6.45, 7) is 4.08. The number of rotatable bonds is 8. The van der Waals surface area contributed by atoms with Crippen LogP contribution in [0.2, 0.25) is 0 Å². The third kappa shape index (κ3) is 4.60. The Kier molecular flexibility index (Phi) is 6.41. The van der Waals surface area contributed by atoms with Gasteiger partial charge in [0.15, 0.2) is 0 Å². The normalized spacial score (nSPS) is 10.8. The van der Waals surface area contributed by atoms with Crippen molar-refractivity contribution in [2.24, 2.45) is 7.05 Å². The summed E-state index contributed by atoms with van der Waals surface area (Å²) < 4.78 is 3.42. The Labute approximate surface area is 143 Å². The van der Waals surface area contributed by atoms with Gasteiger partial charge in [0.2, 0.25) is 5.91 Å². The SMILES string of the molecule is CCCCCCCC(=O)Nc1ccc(-n2c(=O)cc(C)n2C)cc1. The lowest BCUT2D eigenvalue weighted by Gasteiger charge is -2.10. The molecule has 5 heteroatoms. The summed E-state index contributed by atoms with van der Waals surface area (Å²) in [5.74, 6) is 0.0473. The van der Waals surface area contributed by atoms with E-state index in [0.29, 0.717) is 6.42 Å². The number of nitrogens with one attached hydrogen (secondary N) is 1. The fraction of sp³-hybridized carbons (Fsp3) is 0.474. The molecule has 0 radical (unpaired) electrons. The standard InChI is InChI=1S/C19H27N3O2/c1-4-5-6-7-8-9-18(23)20-16-10-12-17(13-11-16)22-19(24)14-15(2)21(22)3/h10-14H,4-9H2,1-3H3,(H,20,23). The predicted molar refractivity (Wildman–Crippen MR) is 97.8 cm³/mol. The molecule has 0 aliphatic rings. The van der Waals surface area contributed by atoms with Crippen molar-refractivity contribution in [1.29, 1.82) is 0 Å². The van der Waals surface area contributed by atoms with Crippen LogP contribution >= 0.6 is 0 Å². The van der Waals surface area contributed by atoms with Gasteiger partial charge in [-0.05, 0) is 37.6 Å². The molecule has 130 valence electrons. The fourth-order valence-corrected chi connectivity index (χ4v) is 2.74. The first-order valence-electron chi connectivity index (χ1n) is 8.69. The number of aryl methyl sites for hydroxylation is 1. The molecule has 1 heterocycles. The summed E-state index contributed by atoms with van der Waals surface area (Å²) in [5.41, 5.74) is 2.39. The van der Waals surface area contributed by atoms with Gasteiger partial charge in [0.25, 0.3) is 5.56 Å². The number of hydrogen-bond acceptors (Lipinski definition) is 2. The van der Waals surface area contributed by atoms with Crippen molar-refractivity contribution in [3.05, 3.63) is 46.4 Å². The average molecular weight is 329 g/mol. The van der Waals surface area contributed by atoms with Gasteiger partial charge in [0.1, 0.15) is 0 Å². The Hall–Kier alpha value is -2.30. The van der Waals surface area contributed by atoms with Gasteiger partial charge in [-0.1, -0.05) is 32.6 Å². The molecule has 2 aromatic rings. The number of aromatic nitrogens is 2. The van der Waals surface area contributed by atoms with E-state index in [1.165, 1.54) is 19.3 Å². The smallest absolute Gasteiger partial charge is 0.271 e. The maximum Gasteiger partial charge on any atom is 0.271 e. The molecule has 0 aliphatic carbocycles. The van der Waals surface area contributed by atoms with Crippen LogP contribution in [0.25, 0.3) is 5.69 Å². The van der Waals surface area contributed by atoms with E-state index >= 15 is 0 Å². The molecule has 0 saturated heterocycles. The van der Waals surface area contributed by atoms with Crippen LogP contribution in [0.15, 0.2) is 35.1 Å². The molecule has 0 unspecified atom stereocenters. The van der Waals surface area contributed by atoms with Crippen molar-refractivity contribution in [2.75, 3.05) is 5.32 Å². The highest BCUT2D eigenvalue weighted by Gasteiger charge is 2.07. The monoisotopic (exact) mass is 329 g/mol. The lowest BCUT2D eigenvalue weighted by molar-refractivity contribution is -0.116. The Balaban J connectivity index is 1.92. The summed E-state index contributed by atoms with van der Waals surface area (Å²) in [6.07, 6.45) is 6.24. The van der Waals surface area contributed by atoms with Crippen LogP contribution in [-0.2, 0) is 11.8 Å². The Morgan fingerprint density at radius 3 is 2.33 bits per heavy atom. The van der Waals surface area contributed by atoms with Crippen molar-refractivity contribution in [2.45, 2.75) is 52.4 Å². The molecule has 1 N–H and O–H groups in total. The van der Waals surface area contributed by atoms with Crippen LogP contribution in [0.1, 0.15) is 51.1 Å². The Bertz CT molecular complexity index is 726. The van der Waals surface area contributed by atoms with Gasteiger partial charge < -0.3 is 5.32 Å². The third-order valence-corrected chi connectivity index (χ3v) is 4.25. The van der Waals surface area contributed by atoms with E-state index in [2.05, 4.69) is 12.2 Å². The minimum Gasteiger partial charge on any atom is -0.326 e. The van der Waals surface area contributed by atoms with E-state index in [9.17, 15) is 9.59 Å². The van der Waals surface area contributed by atoms with Gasteiger partial charge in [0, 0.05) is 30.9 Å². The quantitative estimate of drug-likeness (QED) is 0.749. The highest BCUT2D eigenvalue weighted by molar-refractivity contribution is 5.90. The first-order chi connectivity index (χ1) is 11.5. The van der Waals surface area contributed by atoms with Crippen molar-refractivity contribution < 1.29 is 4.79 Å². The largest absolute Gasteiger partial charge is 0.326 e. The summed E-state index contributed by atoms with van der Waals surface area (Å²) in [7, 11) is 1.85. The Morgan fingerprint density at radius 1 is 1.08 bits per heavy atom. The number of nitrogens with zero attached hydrogens (tertiary/aromatic N) is 2. The third-order valence-electron chi connectivity index (χ3n) is 4.25. The average Bonchev–Trinajstić information content (AvgIpc) is 2.81. The van der Waals surface area contributed by atoms with Gasteiger partial charge >= 0.3 is 0 Å². The van der Waals surface area contributed by atoms with Crippen LogP contribution in [-0.4, -0.2) is 15.3 Å². The van der Waals surface area contributed by atoms with E-state index in [-0.39, 0.29) is 11.5 Å². The molecule has 0 fully saturated rings. The first kappa shape index (κ1) is 18.0. The topological polar surface area (TPSA) is 56.0 Å². The van der Waals surface area contributed by atoms with Crippen LogP contribution in [0.3, 0.4) is 0 Å². The summed E-state index contributed by atoms with van der Waals surface area (Å²) in [5, 5.41) is 2.91. The minimum atomic E-state index is -0.0566. The second kappa shape index (κ2) is 8.52. The molecule has 1 aromatic heterocycles. The van der Waals surface area contributed by atoms with Crippen molar-refractivity contribution in [3.63, 3.8) is 0 Å². The molecule has 1 aromatic carbocycles. The van der Waals surface area contributed by atoms with Crippen molar-refractivity contribution in [3.8, 4) is 5.69 Å². The van der Waals surface area contributed by atoms with E-state index in [4.69, 9.17) is 0 Å². The molecular weight excluding hydrogens is 302 g/mol. The summed E-state index contributed by atoms with van der Waals surface area (Å²) >= 11 is 0. The van der Waals surface area contributed by atoms with Crippen LogP contribution in [0.4, 0.5) is 5.69 Å². The molecular formula is C19H27N3O2. The molecule has 0 spiro atoms. The maximum atomic E-state index is 12.0. The highest BCUT2D eigenvalue weighted by atomic mass is 16.1. The van der Waals surface area contributed by atoms with Crippen molar-refractivity contribution >= 4 is 11.6 Å². The number of amides is 1. The van der Waals surface area contributed by atoms with Gasteiger partial charge in [0.05, 0.1) is 5.69 Å². The van der Waals surface area contributed by atoms with Crippen LogP contribution in [0.5, 0.6) is 0 Å². The van der Waals surface area contributed by atoms with Gasteiger partial charge in [-0.25, -0.2) is 4.68 Å². The summed E-state index contributed by atoms with van der Waals surface area (Å²) in [4.78, 5) is 23.9. The second-order valence-corrected chi connectivity index (χ2v) is 6.22. The number of benzene rings is 1. The molecule has 2 rings (SSSR count). The van der Waals surface area contributed by atoms with Gasteiger partial charge in [-0.15, -0.1) is 0 Å². The van der Waals surface area contributed by atoms with E-state index in [0.717, 1.165) is 29.9 Å². The highest BCUT2D eigenvalue weighted by Crippen LogP contribution is 2.14. The molecule has 0 aliphatic heterocycles. The van der Waals surface area contributed by atoms with Gasteiger partial charge in [-0.2, -0.15) is 0 Å². The molecule has 0 saturated carbocycles. The van der Waals surface area contributed by atoms with Gasteiger partial charge in [-0.3, -0.25) is 14.3 Å². The molecule has 1 amide bonds. The van der Waals surface area contributed by atoms with Crippen molar-refractivity contribution in [1.82, 2.24) is 9.36 Å². The number of hydrogen-bond donors (Lipinski definition) is 1. The lowest BCUT2D eigenvalue weighted by atomic mass is 10.1. The molecule has 0 atom stereocenters. The maximum absolute atomic E-state index is 12.0. The summed E-state index contributed by atoms with van der Waals surface area (Å²) in [6, 6.07) is 8.96. The predicted octanol–water partition coefficient (Wildman–Crippen LogP) is 3.78. The minimum absolute atomic E-state index is 0.0473. The van der Waals surface area contributed by atoms with E-state index in [1.807, 2.05) is 42.9 Å². The molecule has 24 heavy (non-hydrogen) atoms. The second-order valence-electron chi connectivity index (χ2n) is 6.22. The number of carbonyl (C=O) groups excluding carboxylic acids is 1.